The van der Waals surface area contributed by atoms with Gasteiger partial charge in [0.05, 0.1) is 4.90 Å². The molecule has 0 amide bonds. The fourth-order valence-corrected chi connectivity index (χ4v) is 3.08. The van der Waals surface area contributed by atoms with Gasteiger partial charge in [0.2, 0.25) is 0 Å². The van der Waals surface area contributed by atoms with Crippen LogP contribution in [-0.2, 0) is 16.4 Å². The highest BCUT2D eigenvalue weighted by molar-refractivity contribution is 7.92. The third kappa shape index (κ3) is 4.58. The first-order valence-electron chi connectivity index (χ1n) is 7.20. The smallest absolute Gasteiger partial charge is 0.261 e. The van der Waals surface area contributed by atoms with Crippen molar-refractivity contribution >= 4 is 15.7 Å². The Labute approximate surface area is 132 Å². The average Bonchev–Trinajstić information content (AvgIpc) is 2.46. The molecule has 0 unspecified atom stereocenters. The van der Waals surface area contributed by atoms with Crippen LogP contribution in [0, 0.1) is 6.92 Å². The van der Waals surface area contributed by atoms with Crippen LogP contribution in [0.25, 0.3) is 0 Å². The first-order chi connectivity index (χ1) is 10.4. The van der Waals surface area contributed by atoms with Gasteiger partial charge in [0.1, 0.15) is 0 Å². The number of aryl methyl sites for hydroxylation is 1. The Balaban J connectivity index is 2.08. The van der Waals surface area contributed by atoms with E-state index >= 15 is 0 Å². The van der Waals surface area contributed by atoms with Gasteiger partial charge in [0.25, 0.3) is 10.0 Å². The van der Waals surface area contributed by atoms with E-state index in [9.17, 15) is 8.42 Å². The topological polar surface area (TPSA) is 49.4 Å². The van der Waals surface area contributed by atoms with Gasteiger partial charge in [0.15, 0.2) is 0 Å². The van der Waals surface area contributed by atoms with E-state index in [1.165, 1.54) is 5.56 Å². The summed E-state index contributed by atoms with van der Waals surface area (Å²) >= 11 is 0. The zero-order valence-corrected chi connectivity index (χ0v) is 14.0. The summed E-state index contributed by atoms with van der Waals surface area (Å²) in [6.07, 6.45) is 0.942. The van der Waals surface area contributed by atoms with E-state index in [2.05, 4.69) is 9.62 Å². The summed E-state index contributed by atoms with van der Waals surface area (Å²) in [4.78, 5) is 2.39. The summed E-state index contributed by atoms with van der Waals surface area (Å²) in [5, 5.41) is 0. The summed E-state index contributed by atoms with van der Waals surface area (Å²) in [5.74, 6) is 0. The molecule has 22 heavy (non-hydrogen) atoms. The zero-order chi connectivity index (χ0) is 16.2. The number of rotatable bonds is 6. The molecule has 1 N–H and O–H groups in total. The fraction of sp³-hybridized carbons (Fsp3) is 0.294. The molecule has 4 nitrogen and oxygen atoms in total. The molecule has 0 bridgehead atoms. The highest BCUT2D eigenvalue weighted by atomic mass is 32.2. The molecule has 0 saturated carbocycles. The molecular weight excluding hydrogens is 296 g/mol. The summed E-state index contributed by atoms with van der Waals surface area (Å²) in [6.45, 7) is 2.89. The Hall–Kier alpha value is -1.85. The maximum Gasteiger partial charge on any atom is 0.261 e. The molecule has 2 aromatic rings. The quantitative estimate of drug-likeness (QED) is 0.891. The second-order valence-corrected chi connectivity index (χ2v) is 7.35. The Morgan fingerprint density at radius 1 is 0.955 bits per heavy atom. The van der Waals surface area contributed by atoms with Crippen molar-refractivity contribution in [2.75, 3.05) is 25.4 Å². The summed E-state index contributed by atoms with van der Waals surface area (Å²) < 4.78 is 27.2. The van der Waals surface area contributed by atoms with Crippen molar-refractivity contribution in [3.8, 4) is 0 Å². The molecule has 0 aliphatic rings. The van der Waals surface area contributed by atoms with Crippen molar-refractivity contribution in [2.45, 2.75) is 18.2 Å². The molecule has 0 heterocycles. The molecule has 0 radical (unpaired) electrons. The van der Waals surface area contributed by atoms with Gasteiger partial charge >= 0.3 is 0 Å². The van der Waals surface area contributed by atoms with E-state index in [0.717, 1.165) is 18.5 Å². The highest BCUT2D eigenvalue weighted by Gasteiger charge is 2.13. The molecule has 2 aromatic carbocycles. The van der Waals surface area contributed by atoms with Crippen LogP contribution in [0.1, 0.15) is 11.1 Å². The molecule has 0 aliphatic carbocycles. The van der Waals surface area contributed by atoms with E-state index in [0.29, 0.717) is 5.69 Å². The average molecular weight is 318 g/mol. The van der Waals surface area contributed by atoms with Gasteiger partial charge in [0, 0.05) is 12.2 Å². The summed E-state index contributed by atoms with van der Waals surface area (Å²) in [6, 6.07) is 14.3. The fourth-order valence-electron chi connectivity index (χ4n) is 2.02. The van der Waals surface area contributed by atoms with Crippen LogP contribution >= 0.6 is 0 Å². The van der Waals surface area contributed by atoms with Crippen LogP contribution in [0.4, 0.5) is 5.69 Å². The number of anilines is 1. The lowest BCUT2D eigenvalue weighted by Crippen LogP contribution is -2.15. The number of hydrogen-bond donors (Lipinski definition) is 1. The van der Waals surface area contributed by atoms with Crippen LogP contribution in [0.5, 0.6) is 0 Å². The van der Waals surface area contributed by atoms with Crippen LogP contribution < -0.4 is 4.72 Å². The van der Waals surface area contributed by atoms with Crippen molar-refractivity contribution in [3.05, 3.63) is 59.7 Å². The molecule has 5 heteroatoms. The molecular formula is C17H22N2O2S. The summed E-state index contributed by atoms with van der Waals surface area (Å²) in [5.41, 5.74) is 2.80. The van der Waals surface area contributed by atoms with E-state index in [1.54, 1.807) is 36.4 Å². The maximum absolute atomic E-state index is 12.3. The van der Waals surface area contributed by atoms with E-state index in [1.807, 2.05) is 33.2 Å². The SMILES string of the molecule is Cc1ccc(S(=O)(=O)Nc2ccc(CCN(C)C)cc2)cc1. The number of likely N-dealkylation sites (N-methyl/N-ethyl adjacent to an activating group) is 1. The Kier molecular flexibility index (Phi) is 5.21. The normalized spacial score (nSPS) is 11.6. The Bertz CT molecular complexity index is 705. The van der Waals surface area contributed by atoms with E-state index in [4.69, 9.17) is 0 Å². The van der Waals surface area contributed by atoms with Gasteiger partial charge in [-0.05, 0) is 57.3 Å². The van der Waals surface area contributed by atoms with Gasteiger partial charge in [-0.15, -0.1) is 0 Å². The molecule has 118 valence electrons. The third-order valence-corrected chi connectivity index (χ3v) is 4.78. The largest absolute Gasteiger partial charge is 0.309 e. The van der Waals surface area contributed by atoms with E-state index in [-0.39, 0.29) is 4.90 Å². The highest BCUT2D eigenvalue weighted by Crippen LogP contribution is 2.17. The van der Waals surface area contributed by atoms with Gasteiger partial charge in [-0.1, -0.05) is 29.8 Å². The first kappa shape index (κ1) is 16.5. The monoisotopic (exact) mass is 318 g/mol. The van der Waals surface area contributed by atoms with Crippen LogP contribution in [0.2, 0.25) is 0 Å². The summed E-state index contributed by atoms with van der Waals surface area (Å²) in [7, 11) is 0.537. The predicted octanol–water partition coefficient (Wildman–Crippen LogP) is 2.90. The second-order valence-electron chi connectivity index (χ2n) is 5.67. The van der Waals surface area contributed by atoms with Crippen LogP contribution in [0.15, 0.2) is 53.4 Å². The minimum atomic E-state index is -3.53. The van der Waals surface area contributed by atoms with Crippen LogP contribution in [-0.4, -0.2) is 34.0 Å². The second kappa shape index (κ2) is 6.94. The molecule has 0 aliphatic heterocycles. The van der Waals surface area contributed by atoms with Gasteiger partial charge in [-0.3, -0.25) is 4.72 Å². The number of nitrogens with one attached hydrogen (secondary N) is 1. The lowest BCUT2D eigenvalue weighted by Gasteiger charge is -2.11. The van der Waals surface area contributed by atoms with Crippen molar-refractivity contribution in [1.29, 1.82) is 0 Å². The minimum absolute atomic E-state index is 0.273. The van der Waals surface area contributed by atoms with Crippen molar-refractivity contribution < 1.29 is 8.42 Å². The van der Waals surface area contributed by atoms with E-state index < -0.39 is 10.0 Å². The minimum Gasteiger partial charge on any atom is -0.309 e. The molecule has 0 spiro atoms. The number of nitrogens with zero attached hydrogens (tertiary/aromatic N) is 1. The standard InChI is InChI=1S/C17H22N2O2S/c1-14-4-10-17(11-5-14)22(20,21)18-16-8-6-15(7-9-16)12-13-19(2)3/h4-11,18H,12-13H2,1-3H3. The van der Waals surface area contributed by atoms with Gasteiger partial charge in [-0.2, -0.15) is 0 Å². The Morgan fingerprint density at radius 2 is 1.55 bits per heavy atom. The van der Waals surface area contributed by atoms with Crippen molar-refractivity contribution in [2.24, 2.45) is 0 Å². The molecule has 0 fully saturated rings. The Morgan fingerprint density at radius 3 is 2.09 bits per heavy atom. The zero-order valence-electron chi connectivity index (χ0n) is 13.2. The predicted molar refractivity (Wildman–Crippen MR) is 90.7 cm³/mol. The number of benzene rings is 2. The van der Waals surface area contributed by atoms with Gasteiger partial charge < -0.3 is 4.90 Å². The lowest BCUT2D eigenvalue weighted by molar-refractivity contribution is 0.413. The molecule has 0 atom stereocenters. The number of sulfonamides is 1. The van der Waals surface area contributed by atoms with Gasteiger partial charge in [-0.25, -0.2) is 8.42 Å². The molecule has 0 saturated heterocycles. The lowest BCUT2D eigenvalue weighted by atomic mass is 10.1. The van der Waals surface area contributed by atoms with Crippen molar-refractivity contribution in [1.82, 2.24) is 4.90 Å². The van der Waals surface area contributed by atoms with Crippen LogP contribution in [0.3, 0.4) is 0 Å². The van der Waals surface area contributed by atoms with Crippen molar-refractivity contribution in [3.63, 3.8) is 0 Å². The maximum atomic E-state index is 12.3. The molecule has 0 aromatic heterocycles. The first-order valence-corrected chi connectivity index (χ1v) is 8.68. The number of hydrogen-bond acceptors (Lipinski definition) is 3. The molecule has 2 rings (SSSR count). The third-order valence-electron chi connectivity index (χ3n) is 3.39.